The zero-order valence-electron chi connectivity index (χ0n) is 18.1. The van der Waals surface area contributed by atoms with E-state index in [1.165, 1.54) is 6.20 Å². The largest absolute Gasteiger partial charge is 0.391 e. The van der Waals surface area contributed by atoms with Crippen LogP contribution in [0.15, 0.2) is 35.4 Å². The number of aliphatic hydroxyl groups excluding tert-OH is 1. The van der Waals surface area contributed by atoms with E-state index in [2.05, 4.69) is 33.0 Å². The molecule has 3 aromatic rings. The summed E-state index contributed by atoms with van der Waals surface area (Å²) in [6, 6.07) is 5.14. The first kappa shape index (κ1) is 20.5. The number of nitrogens with zero attached hydrogens (tertiary/aromatic N) is 4. The lowest BCUT2D eigenvalue weighted by molar-refractivity contribution is 0.0300. The Morgan fingerprint density at radius 1 is 1.25 bits per heavy atom. The number of nitrogens with one attached hydrogen (secondary N) is 3. The third-order valence-corrected chi connectivity index (χ3v) is 6.71. The molecule has 0 saturated heterocycles. The first-order chi connectivity index (χ1) is 15.5. The maximum atomic E-state index is 13.0. The average molecular weight is 438 g/mol. The van der Waals surface area contributed by atoms with Crippen molar-refractivity contribution in [3.8, 4) is 0 Å². The fraction of sp³-hybridized carbons (Fsp3) is 0.455. The summed E-state index contributed by atoms with van der Waals surface area (Å²) in [4.78, 5) is 30.4. The number of fused-ring (bicyclic) bond motifs is 1. The predicted octanol–water partition coefficient (Wildman–Crippen LogP) is 1.90. The van der Waals surface area contributed by atoms with Gasteiger partial charge in [-0.3, -0.25) is 9.59 Å². The van der Waals surface area contributed by atoms with Gasteiger partial charge in [-0.05, 0) is 43.7 Å². The zero-order chi connectivity index (χ0) is 22.4. The van der Waals surface area contributed by atoms with Gasteiger partial charge in [0.25, 0.3) is 11.5 Å². The Morgan fingerprint density at radius 3 is 2.72 bits per heavy atom. The molecule has 0 aromatic carbocycles. The summed E-state index contributed by atoms with van der Waals surface area (Å²) in [5, 5.41) is 23.5. The summed E-state index contributed by atoms with van der Waals surface area (Å²) in [6.45, 7) is 2.12. The molecule has 4 N–H and O–H groups in total. The van der Waals surface area contributed by atoms with Crippen LogP contribution < -0.4 is 21.5 Å². The number of hydrogen-bond donors (Lipinski definition) is 4. The highest BCUT2D eigenvalue weighted by Gasteiger charge is 2.31. The van der Waals surface area contributed by atoms with Crippen molar-refractivity contribution in [2.45, 2.75) is 50.8 Å². The second kappa shape index (κ2) is 7.94. The minimum atomic E-state index is -0.500. The summed E-state index contributed by atoms with van der Waals surface area (Å²) < 4.78 is 3.13. The van der Waals surface area contributed by atoms with E-state index in [-0.39, 0.29) is 23.6 Å². The summed E-state index contributed by atoms with van der Waals surface area (Å²) in [6.07, 6.45) is 6.26. The van der Waals surface area contributed by atoms with Crippen LogP contribution in [0.2, 0.25) is 0 Å². The van der Waals surface area contributed by atoms with Crippen molar-refractivity contribution in [3.63, 3.8) is 0 Å². The van der Waals surface area contributed by atoms with Crippen LogP contribution in [0.4, 0.5) is 17.3 Å². The number of hydrogen-bond acceptors (Lipinski definition) is 7. The first-order valence-electron chi connectivity index (χ1n) is 11.0. The second-order valence-corrected chi connectivity index (χ2v) is 8.68. The van der Waals surface area contributed by atoms with Crippen LogP contribution in [-0.4, -0.2) is 49.4 Å². The minimum Gasteiger partial charge on any atom is -0.391 e. The second-order valence-electron chi connectivity index (χ2n) is 8.68. The lowest BCUT2D eigenvalue weighted by Crippen LogP contribution is -2.45. The van der Waals surface area contributed by atoms with Gasteiger partial charge in [-0.1, -0.05) is 6.92 Å². The van der Waals surface area contributed by atoms with Crippen LogP contribution in [0, 0.1) is 5.92 Å². The van der Waals surface area contributed by atoms with Gasteiger partial charge in [-0.25, -0.2) is 4.98 Å². The molecule has 1 amide bonds. The fourth-order valence-corrected chi connectivity index (χ4v) is 4.29. The highest BCUT2D eigenvalue weighted by Crippen LogP contribution is 2.31. The van der Waals surface area contributed by atoms with Gasteiger partial charge in [0.05, 0.1) is 18.3 Å². The molecule has 10 heteroatoms. The van der Waals surface area contributed by atoms with Crippen molar-refractivity contribution in [2.24, 2.45) is 5.92 Å². The molecule has 2 aliphatic rings. The van der Waals surface area contributed by atoms with Crippen molar-refractivity contribution in [1.82, 2.24) is 24.5 Å². The number of aliphatic hydroxyl groups is 1. The summed E-state index contributed by atoms with van der Waals surface area (Å²) in [5.74, 6) is 1.30. The molecule has 0 spiro atoms. The van der Waals surface area contributed by atoms with Crippen molar-refractivity contribution in [1.29, 1.82) is 0 Å². The van der Waals surface area contributed by atoms with Gasteiger partial charge in [-0.2, -0.15) is 9.61 Å². The molecule has 3 heterocycles. The van der Waals surface area contributed by atoms with Gasteiger partial charge in [0.1, 0.15) is 22.9 Å². The smallest absolute Gasteiger partial charge is 0.274 e. The number of amides is 1. The van der Waals surface area contributed by atoms with Gasteiger partial charge in [0, 0.05) is 25.4 Å². The molecule has 0 radical (unpaired) electrons. The molecule has 5 rings (SSSR count). The van der Waals surface area contributed by atoms with E-state index in [0.29, 0.717) is 40.9 Å². The quantitative estimate of drug-likeness (QED) is 0.464. The van der Waals surface area contributed by atoms with Gasteiger partial charge in [0.2, 0.25) is 0 Å². The van der Waals surface area contributed by atoms with Crippen molar-refractivity contribution in [3.05, 3.63) is 46.5 Å². The first-order valence-corrected chi connectivity index (χ1v) is 11.0. The normalized spacial score (nSPS) is 24.5. The highest BCUT2D eigenvalue weighted by molar-refractivity contribution is 6.00. The molecule has 10 nitrogen and oxygen atoms in total. The van der Waals surface area contributed by atoms with Crippen LogP contribution in [0.3, 0.4) is 0 Å². The number of aromatic nitrogens is 4. The van der Waals surface area contributed by atoms with E-state index in [9.17, 15) is 14.7 Å². The standard InChI is InChI=1S/C22H27N7O3/c1-12-5-6-14(12)26-21(31)13-11-24-29-19(23-2)10-18(27-20(13)29)25-15-4-3-9-28(22(15)32)16-7-8-17(16)30/h3-4,9-12,14,16-17,23,30H,5-8H2,1-2H3,(H,25,27)(H,26,31)/t12-,14+,16+,17+/m1/s1. The topological polar surface area (TPSA) is 126 Å². The lowest BCUT2D eigenvalue weighted by atomic mass is 9.81. The van der Waals surface area contributed by atoms with E-state index in [1.807, 2.05) is 0 Å². The van der Waals surface area contributed by atoms with Crippen LogP contribution >= 0.6 is 0 Å². The van der Waals surface area contributed by atoms with Crippen molar-refractivity contribution < 1.29 is 9.90 Å². The number of rotatable bonds is 6. The molecule has 3 aromatic heterocycles. The van der Waals surface area contributed by atoms with Crippen LogP contribution in [0.1, 0.15) is 49.0 Å². The lowest BCUT2D eigenvalue weighted by Gasteiger charge is -2.34. The van der Waals surface area contributed by atoms with Gasteiger partial charge < -0.3 is 25.6 Å². The molecule has 4 atom stereocenters. The van der Waals surface area contributed by atoms with Gasteiger partial charge in [0.15, 0.2) is 5.65 Å². The van der Waals surface area contributed by atoms with E-state index in [4.69, 9.17) is 0 Å². The number of carbonyl (C=O) groups is 1. The number of carbonyl (C=O) groups excluding carboxylic acids is 1. The Labute approximate surface area is 184 Å². The fourth-order valence-electron chi connectivity index (χ4n) is 4.29. The van der Waals surface area contributed by atoms with Crippen molar-refractivity contribution in [2.75, 3.05) is 17.7 Å². The maximum Gasteiger partial charge on any atom is 0.274 e. The third kappa shape index (κ3) is 3.40. The Hall–Kier alpha value is -3.40. The molecule has 2 saturated carbocycles. The molecule has 2 fully saturated rings. The molecular weight excluding hydrogens is 410 g/mol. The number of anilines is 3. The summed E-state index contributed by atoms with van der Waals surface area (Å²) >= 11 is 0. The van der Waals surface area contributed by atoms with Gasteiger partial charge >= 0.3 is 0 Å². The molecule has 0 bridgehead atoms. The highest BCUT2D eigenvalue weighted by atomic mass is 16.3. The van der Waals surface area contributed by atoms with E-state index in [1.54, 1.807) is 40.5 Å². The average Bonchev–Trinajstić information content (AvgIpc) is 3.21. The van der Waals surface area contributed by atoms with Crippen LogP contribution in [0.25, 0.3) is 5.65 Å². The van der Waals surface area contributed by atoms with E-state index in [0.717, 1.165) is 19.3 Å². The molecule has 0 unspecified atom stereocenters. The molecule has 2 aliphatic carbocycles. The molecule has 168 valence electrons. The zero-order valence-corrected chi connectivity index (χ0v) is 18.1. The Morgan fingerprint density at radius 2 is 2.09 bits per heavy atom. The van der Waals surface area contributed by atoms with E-state index >= 15 is 0 Å². The Kier molecular flexibility index (Phi) is 5.09. The molecule has 32 heavy (non-hydrogen) atoms. The molecule has 0 aliphatic heterocycles. The predicted molar refractivity (Wildman–Crippen MR) is 120 cm³/mol. The SMILES string of the molecule is CNc1cc(Nc2cccn([C@H]3CC[C@@H]3O)c2=O)nc2c(C(=O)N[C@H]3CC[C@H]3C)cnn12. The van der Waals surface area contributed by atoms with Crippen LogP contribution in [0.5, 0.6) is 0 Å². The van der Waals surface area contributed by atoms with Gasteiger partial charge in [-0.15, -0.1) is 0 Å². The summed E-state index contributed by atoms with van der Waals surface area (Å²) in [7, 11) is 1.75. The maximum absolute atomic E-state index is 13.0. The Balaban J connectivity index is 1.48. The monoisotopic (exact) mass is 437 g/mol. The minimum absolute atomic E-state index is 0.173. The van der Waals surface area contributed by atoms with Crippen molar-refractivity contribution >= 4 is 28.9 Å². The third-order valence-electron chi connectivity index (χ3n) is 6.71. The molecular formula is C22H27N7O3. The van der Waals surface area contributed by atoms with Crippen LogP contribution in [-0.2, 0) is 0 Å². The van der Waals surface area contributed by atoms with E-state index < -0.39 is 6.10 Å². The number of pyridine rings is 1. The Bertz CT molecular complexity index is 1230. The summed E-state index contributed by atoms with van der Waals surface area (Å²) in [5.41, 5.74) is 0.899.